The van der Waals surface area contributed by atoms with Crippen molar-refractivity contribution in [1.82, 2.24) is 5.32 Å². The van der Waals surface area contributed by atoms with Gasteiger partial charge in [-0.2, -0.15) is 0 Å². The number of rotatable bonds is 7. The third-order valence-corrected chi connectivity index (χ3v) is 5.00. The van der Waals surface area contributed by atoms with Gasteiger partial charge < -0.3 is 14.8 Å². The van der Waals surface area contributed by atoms with Crippen LogP contribution >= 0.6 is 15.9 Å². The lowest BCUT2D eigenvalue weighted by atomic mass is 10.1. The van der Waals surface area contributed by atoms with Gasteiger partial charge in [0.05, 0.1) is 13.7 Å². The minimum atomic E-state index is 0.625. The highest BCUT2D eigenvalue weighted by molar-refractivity contribution is 9.10. The van der Waals surface area contributed by atoms with Crippen LogP contribution in [0.4, 0.5) is 0 Å². The first kappa shape index (κ1) is 17.6. The largest absolute Gasteiger partial charge is 0.493 e. The Balaban J connectivity index is 2.09. The Kier molecular flexibility index (Phi) is 7.53. The average molecular weight is 370 g/mol. The quantitative estimate of drug-likeness (QED) is 0.681. The highest BCUT2D eigenvalue weighted by Crippen LogP contribution is 2.36. The third kappa shape index (κ3) is 4.88. The van der Waals surface area contributed by atoms with Gasteiger partial charge in [-0.25, -0.2) is 0 Å². The van der Waals surface area contributed by atoms with Gasteiger partial charge >= 0.3 is 0 Å². The van der Waals surface area contributed by atoms with Crippen LogP contribution < -0.4 is 14.8 Å². The van der Waals surface area contributed by atoms with Crippen molar-refractivity contribution in [2.24, 2.45) is 0 Å². The minimum Gasteiger partial charge on any atom is -0.493 e. The molecule has 0 unspecified atom stereocenters. The number of hydrogen-bond acceptors (Lipinski definition) is 3. The second kappa shape index (κ2) is 9.41. The fraction of sp³-hybridized carbons (Fsp3) is 0.667. The van der Waals surface area contributed by atoms with Crippen LogP contribution in [0.1, 0.15) is 57.4 Å². The van der Waals surface area contributed by atoms with Crippen LogP contribution in [0.2, 0.25) is 0 Å². The average Bonchev–Trinajstić information content (AvgIpc) is 2.80. The van der Waals surface area contributed by atoms with Gasteiger partial charge in [-0.15, -0.1) is 0 Å². The summed E-state index contributed by atoms with van der Waals surface area (Å²) >= 11 is 3.67. The Morgan fingerprint density at radius 1 is 1.18 bits per heavy atom. The molecule has 0 aromatic heterocycles. The Morgan fingerprint density at radius 2 is 1.91 bits per heavy atom. The number of ether oxygens (including phenoxy) is 2. The van der Waals surface area contributed by atoms with E-state index < -0.39 is 0 Å². The van der Waals surface area contributed by atoms with Crippen LogP contribution in [0.15, 0.2) is 16.6 Å². The number of methoxy groups -OCH3 is 1. The van der Waals surface area contributed by atoms with E-state index in [-0.39, 0.29) is 0 Å². The molecular weight excluding hydrogens is 342 g/mol. The summed E-state index contributed by atoms with van der Waals surface area (Å²) in [5.74, 6) is 1.69. The fourth-order valence-corrected chi connectivity index (χ4v) is 3.45. The van der Waals surface area contributed by atoms with E-state index in [2.05, 4.69) is 28.2 Å². The summed E-state index contributed by atoms with van der Waals surface area (Å²) in [5, 5.41) is 3.72. The highest BCUT2D eigenvalue weighted by atomic mass is 79.9. The summed E-state index contributed by atoms with van der Waals surface area (Å²) in [6.07, 6.45) is 9.01. The number of hydrogen-bond donors (Lipinski definition) is 1. The smallest absolute Gasteiger partial charge is 0.166 e. The van der Waals surface area contributed by atoms with Crippen molar-refractivity contribution in [1.29, 1.82) is 0 Å². The molecule has 22 heavy (non-hydrogen) atoms. The molecule has 1 saturated carbocycles. The van der Waals surface area contributed by atoms with Crippen molar-refractivity contribution in [2.75, 3.05) is 13.7 Å². The first-order chi connectivity index (χ1) is 10.8. The molecule has 0 spiro atoms. The van der Waals surface area contributed by atoms with Crippen molar-refractivity contribution < 1.29 is 9.47 Å². The van der Waals surface area contributed by atoms with Gasteiger partial charge in [0.1, 0.15) is 0 Å². The number of benzene rings is 1. The lowest BCUT2D eigenvalue weighted by Crippen LogP contribution is -2.28. The minimum absolute atomic E-state index is 0.625. The topological polar surface area (TPSA) is 30.5 Å². The standard InChI is InChI=1S/C18H28BrNO2/c1-3-12-22-18-15(16(19)10-11-17(18)21-2)13-20-14-8-6-4-5-7-9-14/h10-11,14,20H,3-9,12-13H2,1-2H3. The molecule has 0 amide bonds. The molecule has 0 radical (unpaired) electrons. The lowest BCUT2D eigenvalue weighted by Gasteiger charge is -2.20. The molecule has 1 aromatic rings. The van der Waals surface area contributed by atoms with Crippen LogP contribution in [-0.4, -0.2) is 19.8 Å². The van der Waals surface area contributed by atoms with Crippen molar-refractivity contribution in [3.63, 3.8) is 0 Å². The summed E-state index contributed by atoms with van der Waals surface area (Å²) in [7, 11) is 1.70. The molecule has 1 aliphatic carbocycles. The van der Waals surface area contributed by atoms with Crippen LogP contribution in [0, 0.1) is 0 Å². The van der Waals surface area contributed by atoms with Crippen molar-refractivity contribution in [3.05, 3.63) is 22.2 Å². The molecule has 4 heteroatoms. The molecule has 0 bridgehead atoms. The maximum Gasteiger partial charge on any atom is 0.166 e. The monoisotopic (exact) mass is 369 g/mol. The van der Waals surface area contributed by atoms with E-state index in [1.165, 1.54) is 38.5 Å². The first-order valence-corrected chi connectivity index (χ1v) is 9.27. The predicted octanol–water partition coefficient (Wildman–Crippen LogP) is 5.06. The van der Waals surface area contributed by atoms with Gasteiger partial charge in [-0.05, 0) is 31.4 Å². The zero-order valence-electron chi connectivity index (χ0n) is 13.8. The summed E-state index contributed by atoms with van der Waals surface area (Å²) in [5.41, 5.74) is 1.16. The fourth-order valence-electron chi connectivity index (χ4n) is 3.00. The van der Waals surface area contributed by atoms with Crippen molar-refractivity contribution >= 4 is 15.9 Å². The van der Waals surface area contributed by atoms with E-state index in [1.54, 1.807) is 7.11 Å². The molecule has 0 atom stereocenters. The molecule has 1 fully saturated rings. The predicted molar refractivity (Wildman–Crippen MR) is 94.8 cm³/mol. The maximum atomic E-state index is 5.96. The van der Waals surface area contributed by atoms with Crippen LogP contribution in [0.3, 0.4) is 0 Å². The van der Waals surface area contributed by atoms with Crippen molar-refractivity contribution in [3.8, 4) is 11.5 Å². The normalized spacial score (nSPS) is 16.3. The zero-order valence-corrected chi connectivity index (χ0v) is 15.4. The van der Waals surface area contributed by atoms with Crippen LogP contribution in [0.25, 0.3) is 0 Å². The number of halogens is 1. The van der Waals surface area contributed by atoms with E-state index in [9.17, 15) is 0 Å². The molecule has 0 heterocycles. The van der Waals surface area contributed by atoms with Gasteiger partial charge in [0.25, 0.3) is 0 Å². The molecule has 2 rings (SSSR count). The Morgan fingerprint density at radius 3 is 2.55 bits per heavy atom. The molecule has 1 aliphatic rings. The van der Waals surface area contributed by atoms with E-state index >= 15 is 0 Å². The molecule has 1 aromatic carbocycles. The maximum absolute atomic E-state index is 5.96. The van der Waals surface area contributed by atoms with E-state index in [4.69, 9.17) is 9.47 Å². The van der Waals surface area contributed by atoms with Gasteiger partial charge in [-0.1, -0.05) is 48.5 Å². The van der Waals surface area contributed by atoms with Gasteiger partial charge in [-0.3, -0.25) is 0 Å². The van der Waals surface area contributed by atoms with Gasteiger partial charge in [0, 0.05) is 22.6 Å². The van der Waals surface area contributed by atoms with Crippen LogP contribution in [-0.2, 0) is 6.54 Å². The Bertz CT molecular complexity index is 457. The summed E-state index contributed by atoms with van der Waals surface area (Å²) in [4.78, 5) is 0. The van der Waals surface area contributed by atoms with Gasteiger partial charge in [0.15, 0.2) is 11.5 Å². The SMILES string of the molecule is CCCOc1c(OC)ccc(Br)c1CNC1CCCCCC1. The molecular formula is C18H28BrNO2. The molecule has 1 N–H and O–H groups in total. The summed E-state index contributed by atoms with van der Waals surface area (Å²) in [6, 6.07) is 4.63. The zero-order chi connectivity index (χ0) is 15.8. The first-order valence-electron chi connectivity index (χ1n) is 8.47. The van der Waals surface area contributed by atoms with E-state index in [0.717, 1.165) is 34.5 Å². The molecule has 0 saturated heterocycles. The van der Waals surface area contributed by atoms with Crippen molar-refractivity contribution in [2.45, 2.75) is 64.5 Å². The van der Waals surface area contributed by atoms with E-state index in [1.807, 2.05) is 12.1 Å². The second-order valence-corrected chi connectivity index (χ2v) is 6.83. The number of nitrogens with one attached hydrogen (secondary N) is 1. The molecule has 124 valence electrons. The lowest BCUT2D eigenvalue weighted by molar-refractivity contribution is 0.289. The Hall–Kier alpha value is -0.740. The molecule has 3 nitrogen and oxygen atoms in total. The summed E-state index contributed by atoms with van der Waals surface area (Å²) < 4.78 is 12.5. The Labute approximate surface area is 142 Å². The molecule has 0 aliphatic heterocycles. The second-order valence-electron chi connectivity index (χ2n) is 5.98. The van der Waals surface area contributed by atoms with Gasteiger partial charge in [0.2, 0.25) is 0 Å². The third-order valence-electron chi connectivity index (χ3n) is 4.26. The summed E-state index contributed by atoms with van der Waals surface area (Å²) in [6.45, 7) is 3.65. The van der Waals surface area contributed by atoms with E-state index in [0.29, 0.717) is 12.6 Å². The van der Waals surface area contributed by atoms with Crippen LogP contribution in [0.5, 0.6) is 11.5 Å². The highest BCUT2D eigenvalue weighted by Gasteiger charge is 2.17.